The first kappa shape index (κ1) is 13.7. The topological polar surface area (TPSA) is 48.7 Å². The summed E-state index contributed by atoms with van der Waals surface area (Å²) in [6.45, 7) is 1.95. The zero-order chi connectivity index (χ0) is 15.0. The molecule has 0 unspecified atom stereocenters. The number of aromatic nitrogens is 3. The van der Waals surface area contributed by atoms with Crippen LogP contribution in [0.15, 0.2) is 30.6 Å². The third-order valence-corrected chi connectivity index (χ3v) is 3.58. The highest BCUT2D eigenvalue weighted by Crippen LogP contribution is 2.32. The second-order valence-electron chi connectivity index (χ2n) is 4.61. The summed E-state index contributed by atoms with van der Waals surface area (Å²) in [5.41, 5.74) is 3.41. The molecule has 0 aliphatic carbocycles. The Labute approximate surface area is 127 Å². The Morgan fingerprint density at radius 3 is 2.62 bits per heavy atom. The van der Waals surface area contributed by atoms with Crippen molar-refractivity contribution < 1.29 is 9.47 Å². The van der Waals surface area contributed by atoms with Gasteiger partial charge in [-0.05, 0) is 30.7 Å². The van der Waals surface area contributed by atoms with Crippen LogP contribution in [-0.4, -0.2) is 28.8 Å². The predicted octanol–water partition coefficient (Wildman–Crippen LogP) is 3.38. The SMILES string of the molecule is COc1ccc(-c2cn3ncc(C)c3c(Cl)n2)cc1OC. The van der Waals surface area contributed by atoms with Gasteiger partial charge in [0.2, 0.25) is 0 Å². The number of hydrogen-bond acceptors (Lipinski definition) is 4. The molecule has 3 rings (SSSR count). The minimum atomic E-state index is 0.428. The maximum Gasteiger partial charge on any atom is 0.161 e. The van der Waals surface area contributed by atoms with Gasteiger partial charge in [-0.15, -0.1) is 0 Å². The number of benzene rings is 1. The van der Waals surface area contributed by atoms with Crippen molar-refractivity contribution in [1.82, 2.24) is 14.6 Å². The highest BCUT2D eigenvalue weighted by atomic mass is 35.5. The zero-order valence-electron chi connectivity index (χ0n) is 11.9. The summed E-state index contributed by atoms with van der Waals surface area (Å²) in [4.78, 5) is 4.44. The second-order valence-corrected chi connectivity index (χ2v) is 4.97. The molecule has 0 bridgehead atoms. The molecule has 0 atom stereocenters. The standard InChI is InChI=1S/C15H14ClN3O2/c1-9-7-17-19-8-11(18-15(16)14(9)19)10-4-5-12(20-2)13(6-10)21-3/h4-8H,1-3H3. The van der Waals surface area contributed by atoms with Crippen molar-refractivity contribution in [3.8, 4) is 22.8 Å². The van der Waals surface area contributed by atoms with Crippen LogP contribution in [0.2, 0.25) is 5.15 Å². The molecule has 0 aliphatic rings. The molecule has 0 amide bonds. The third-order valence-electron chi connectivity index (χ3n) is 3.32. The average molecular weight is 304 g/mol. The summed E-state index contributed by atoms with van der Waals surface area (Å²) in [7, 11) is 3.20. The number of methoxy groups -OCH3 is 2. The van der Waals surface area contributed by atoms with Gasteiger partial charge >= 0.3 is 0 Å². The van der Waals surface area contributed by atoms with E-state index in [1.807, 2.05) is 31.3 Å². The van der Waals surface area contributed by atoms with Gasteiger partial charge in [-0.3, -0.25) is 0 Å². The Kier molecular flexibility index (Phi) is 3.43. The molecule has 0 aliphatic heterocycles. The molecule has 3 aromatic rings. The Morgan fingerprint density at radius 2 is 1.90 bits per heavy atom. The summed E-state index contributed by atoms with van der Waals surface area (Å²) in [5.74, 6) is 1.31. The molecule has 5 nitrogen and oxygen atoms in total. The number of ether oxygens (including phenoxy) is 2. The van der Waals surface area contributed by atoms with Crippen LogP contribution < -0.4 is 9.47 Å². The third kappa shape index (κ3) is 2.29. The molecule has 21 heavy (non-hydrogen) atoms. The van der Waals surface area contributed by atoms with Gasteiger partial charge in [0.25, 0.3) is 0 Å². The second kappa shape index (κ2) is 5.26. The lowest BCUT2D eigenvalue weighted by molar-refractivity contribution is 0.355. The number of rotatable bonds is 3. The lowest BCUT2D eigenvalue weighted by Gasteiger charge is -2.10. The van der Waals surface area contributed by atoms with Crippen LogP contribution in [0, 0.1) is 6.92 Å². The molecule has 1 aromatic carbocycles. The van der Waals surface area contributed by atoms with Crippen molar-refractivity contribution >= 4 is 17.1 Å². The zero-order valence-corrected chi connectivity index (χ0v) is 12.7. The Hall–Kier alpha value is -2.27. The van der Waals surface area contributed by atoms with Crippen molar-refractivity contribution in [3.05, 3.63) is 41.3 Å². The summed E-state index contributed by atoms with van der Waals surface area (Å²) >= 11 is 6.26. The van der Waals surface area contributed by atoms with Crippen LogP contribution in [0.3, 0.4) is 0 Å². The van der Waals surface area contributed by atoms with Gasteiger partial charge in [0.1, 0.15) is 5.52 Å². The highest BCUT2D eigenvalue weighted by molar-refractivity contribution is 6.32. The first-order valence-corrected chi connectivity index (χ1v) is 6.74. The van der Waals surface area contributed by atoms with Crippen molar-refractivity contribution in [2.75, 3.05) is 14.2 Å². The number of halogens is 1. The van der Waals surface area contributed by atoms with Gasteiger partial charge < -0.3 is 9.47 Å². The van der Waals surface area contributed by atoms with E-state index >= 15 is 0 Å². The number of aryl methyl sites for hydroxylation is 1. The maximum absolute atomic E-state index is 6.26. The Morgan fingerprint density at radius 1 is 1.14 bits per heavy atom. The van der Waals surface area contributed by atoms with E-state index in [4.69, 9.17) is 21.1 Å². The van der Waals surface area contributed by atoms with Crippen LogP contribution in [-0.2, 0) is 0 Å². The molecule has 0 radical (unpaired) electrons. The predicted molar refractivity (Wildman–Crippen MR) is 81.3 cm³/mol. The molecule has 0 fully saturated rings. The Bertz CT molecular complexity index is 814. The van der Waals surface area contributed by atoms with Gasteiger partial charge in [0.15, 0.2) is 16.7 Å². The van der Waals surface area contributed by atoms with Gasteiger partial charge in [-0.25, -0.2) is 9.50 Å². The fourth-order valence-corrected chi connectivity index (χ4v) is 2.57. The molecular formula is C15H14ClN3O2. The van der Waals surface area contributed by atoms with E-state index in [9.17, 15) is 0 Å². The van der Waals surface area contributed by atoms with Gasteiger partial charge in [0, 0.05) is 5.56 Å². The van der Waals surface area contributed by atoms with Crippen molar-refractivity contribution in [1.29, 1.82) is 0 Å². The van der Waals surface area contributed by atoms with E-state index in [1.54, 1.807) is 24.9 Å². The Balaban J connectivity index is 2.16. The first-order chi connectivity index (χ1) is 10.1. The van der Waals surface area contributed by atoms with Crippen molar-refractivity contribution in [2.45, 2.75) is 6.92 Å². The van der Waals surface area contributed by atoms with E-state index in [0.717, 1.165) is 22.3 Å². The van der Waals surface area contributed by atoms with E-state index in [2.05, 4.69) is 10.1 Å². The van der Waals surface area contributed by atoms with Crippen LogP contribution in [0.4, 0.5) is 0 Å². The van der Waals surface area contributed by atoms with E-state index < -0.39 is 0 Å². The van der Waals surface area contributed by atoms with Crippen LogP contribution in [0.1, 0.15) is 5.56 Å². The van der Waals surface area contributed by atoms with Gasteiger partial charge in [0.05, 0.1) is 32.3 Å². The monoisotopic (exact) mass is 303 g/mol. The summed E-state index contributed by atoms with van der Waals surface area (Å²) in [6, 6.07) is 5.60. The van der Waals surface area contributed by atoms with Crippen LogP contribution in [0.5, 0.6) is 11.5 Å². The van der Waals surface area contributed by atoms with E-state index in [-0.39, 0.29) is 0 Å². The summed E-state index contributed by atoms with van der Waals surface area (Å²) < 4.78 is 12.3. The molecule has 0 spiro atoms. The molecule has 0 saturated heterocycles. The van der Waals surface area contributed by atoms with Crippen LogP contribution in [0.25, 0.3) is 16.8 Å². The van der Waals surface area contributed by atoms with E-state index in [0.29, 0.717) is 16.7 Å². The van der Waals surface area contributed by atoms with Crippen molar-refractivity contribution in [2.24, 2.45) is 0 Å². The van der Waals surface area contributed by atoms with Gasteiger partial charge in [-0.1, -0.05) is 11.6 Å². The fourth-order valence-electron chi connectivity index (χ4n) is 2.24. The van der Waals surface area contributed by atoms with Crippen molar-refractivity contribution in [3.63, 3.8) is 0 Å². The molecule has 0 N–H and O–H groups in total. The van der Waals surface area contributed by atoms with Crippen LogP contribution >= 0.6 is 11.6 Å². The molecule has 2 heterocycles. The minimum Gasteiger partial charge on any atom is -0.493 e. The first-order valence-electron chi connectivity index (χ1n) is 6.37. The molecule has 2 aromatic heterocycles. The summed E-state index contributed by atoms with van der Waals surface area (Å²) in [5, 5.41) is 4.71. The number of nitrogens with zero attached hydrogens (tertiary/aromatic N) is 3. The minimum absolute atomic E-state index is 0.428. The summed E-state index contributed by atoms with van der Waals surface area (Å²) in [6.07, 6.45) is 3.61. The lowest BCUT2D eigenvalue weighted by Crippen LogP contribution is -1.95. The highest BCUT2D eigenvalue weighted by Gasteiger charge is 2.12. The number of fused-ring (bicyclic) bond motifs is 1. The molecular weight excluding hydrogens is 290 g/mol. The molecule has 108 valence electrons. The largest absolute Gasteiger partial charge is 0.493 e. The number of hydrogen-bond donors (Lipinski definition) is 0. The normalized spacial score (nSPS) is 10.9. The lowest BCUT2D eigenvalue weighted by atomic mass is 10.1. The maximum atomic E-state index is 6.26. The van der Waals surface area contributed by atoms with Gasteiger partial charge in [-0.2, -0.15) is 5.10 Å². The van der Waals surface area contributed by atoms with E-state index in [1.165, 1.54) is 0 Å². The smallest absolute Gasteiger partial charge is 0.161 e. The molecule has 0 saturated carbocycles. The fraction of sp³-hybridized carbons (Fsp3) is 0.200. The molecule has 6 heteroatoms. The quantitative estimate of drug-likeness (QED) is 0.744. The average Bonchev–Trinajstić information content (AvgIpc) is 2.88.